The van der Waals surface area contributed by atoms with Crippen molar-refractivity contribution in [2.24, 2.45) is 0 Å². The van der Waals surface area contributed by atoms with Gasteiger partial charge in [-0.25, -0.2) is 0 Å². The average Bonchev–Trinajstić information content (AvgIpc) is 3.22. The highest BCUT2D eigenvalue weighted by atomic mass is 16.5. The summed E-state index contributed by atoms with van der Waals surface area (Å²) in [6.07, 6.45) is 4.56. The number of nitrogens with zero attached hydrogens (tertiary/aromatic N) is 1. The third-order valence-corrected chi connectivity index (χ3v) is 6.20. The van der Waals surface area contributed by atoms with E-state index in [1.807, 2.05) is 18.2 Å². The number of nitrogens with one attached hydrogen (secondary N) is 2. The molecule has 2 amide bonds. The van der Waals surface area contributed by atoms with Crippen molar-refractivity contribution in [1.82, 2.24) is 9.88 Å². The fourth-order valence-electron chi connectivity index (χ4n) is 4.43. The Bertz CT molecular complexity index is 1130. The quantitative estimate of drug-likeness (QED) is 0.645. The van der Waals surface area contributed by atoms with Crippen molar-refractivity contribution < 1.29 is 19.1 Å². The van der Waals surface area contributed by atoms with Crippen LogP contribution in [0.4, 0.5) is 5.69 Å². The molecule has 7 heteroatoms. The van der Waals surface area contributed by atoms with Gasteiger partial charge < -0.3 is 24.7 Å². The summed E-state index contributed by atoms with van der Waals surface area (Å²) >= 11 is 0. The predicted octanol–water partition coefficient (Wildman–Crippen LogP) is 3.54. The summed E-state index contributed by atoms with van der Waals surface area (Å²) < 4.78 is 10.9. The summed E-state index contributed by atoms with van der Waals surface area (Å²) in [5.74, 6) is 0.395. The Morgan fingerprint density at radius 1 is 1.03 bits per heavy atom. The molecule has 166 valence electrons. The summed E-state index contributed by atoms with van der Waals surface area (Å²) in [4.78, 5) is 30.2. The third-order valence-electron chi connectivity index (χ3n) is 6.20. The van der Waals surface area contributed by atoms with E-state index >= 15 is 0 Å². The number of hydrogen-bond donors (Lipinski definition) is 2. The van der Waals surface area contributed by atoms with Crippen LogP contribution in [0.15, 0.2) is 42.5 Å². The van der Waals surface area contributed by atoms with Gasteiger partial charge in [-0.1, -0.05) is 0 Å². The van der Waals surface area contributed by atoms with Crippen LogP contribution in [-0.2, 0) is 22.4 Å². The van der Waals surface area contributed by atoms with E-state index < -0.39 is 0 Å². The lowest BCUT2D eigenvalue weighted by Gasteiger charge is -2.26. The number of H-pyrrole nitrogens is 1. The molecule has 2 aliphatic rings. The molecule has 2 heterocycles. The molecule has 1 saturated heterocycles. The van der Waals surface area contributed by atoms with Crippen molar-refractivity contribution in [3.05, 3.63) is 59.3 Å². The first-order valence-corrected chi connectivity index (χ1v) is 11.2. The third kappa shape index (κ3) is 4.34. The van der Waals surface area contributed by atoms with Crippen LogP contribution in [0.1, 0.15) is 34.5 Å². The fraction of sp³-hybridized carbons (Fsp3) is 0.360. The maximum atomic E-state index is 12.8. The number of rotatable bonds is 5. The number of carbonyl (C=O) groups is 2. The van der Waals surface area contributed by atoms with Crippen LogP contribution >= 0.6 is 0 Å². The second-order valence-corrected chi connectivity index (χ2v) is 8.31. The number of aromatic nitrogens is 1. The zero-order valence-corrected chi connectivity index (χ0v) is 18.0. The van der Waals surface area contributed by atoms with Crippen molar-refractivity contribution in [2.45, 2.75) is 25.7 Å². The number of ether oxygens (including phenoxy) is 2. The van der Waals surface area contributed by atoms with Crippen LogP contribution in [0.3, 0.4) is 0 Å². The molecule has 0 spiro atoms. The van der Waals surface area contributed by atoms with Gasteiger partial charge in [-0.15, -0.1) is 0 Å². The smallest absolute Gasteiger partial charge is 0.260 e. The van der Waals surface area contributed by atoms with Gasteiger partial charge >= 0.3 is 0 Å². The summed E-state index contributed by atoms with van der Waals surface area (Å²) in [5, 5.41) is 4.10. The summed E-state index contributed by atoms with van der Waals surface area (Å²) in [6, 6.07) is 12.9. The van der Waals surface area contributed by atoms with E-state index in [9.17, 15) is 9.59 Å². The first-order chi connectivity index (χ1) is 15.7. The minimum Gasteiger partial charge on any atom is -0.484 e. The van der Waals surface area contributed by atoms with Gasteiger partial charge in [-0.2, -0.15) is 0 Å². The highest BCUT2D eigenvalue weighted by molar-refractivity contribution is 6.06. The Labute approximate surface area is 186 Å². The van der Waals surface area contributed by atoms with Crippen LogP contribution in [0.25, 0.3) is 10.9 Å². The Balaban J connectivity index is 1.20. The molecule has 1 aromatic heterocycles. The Kier molecular flexibility index (Phi) is 5.81. The molecule has 0 unspecified atom stereocenters. The van der Waals surface area contributed by atoms with E-state index in [0.29, 0.717) is 43.3 Å². The van der Waals surface area contributed by atoms with Crippen molar-refractivity contribution >= 4 is 28.4 Å². The van der Waals surface area contributed by atoms with Crippen LogP contribution in [0.5, 0.6) is 5.75 Å². The second-order valence-electron chi connectivity index (χ2n) is 8.31. The van der Waals surface area contributed by atoms with Gasteiger partial charge in [0.05, 0.1) is 13.2 Å². The predicted molar refractivity (Wildman–Crippen MR) is 122 cm³/mol. The maximum Gasteiger partial charge on any atom is 0.260 e. The van der Waals surface area contributed by atoms with E-state index in [4.69, 9.17) is 9.47 Å². The normalized spacial score (nSPS) is 15.9. The van der Waals surface area contributed by atoms with Crippen LogP contribution in [0.2, 0.25) is 0 Å². The zero-order chi connectivity index (χ0) is 21.9. The minimum atomic E-state index is -0.145. The van der Waals surface area contributed by atoms with E-state index in [0.717, 1.165) is 23.7 Å². The standard InChI is InChI=1S/C25H27N3O4/c29-24(28-11-13-31-14-12-28)16-32-19-8-6-18(7-9-19)26-25(30)17-5-10-23-21(15-17)20-3-1-2-4-22(20)27-23/h5-10,15,27H,1-4,11-14,16H2,(H,26,30). The van der Waals surface area contributed by atoms with E-state index in [1.54, 1.807) is 29.2 Å². The fourth-order valence-corrected chi connectivity index (χ4v) is 4.43. The lowest BCUT2D eigenvalue weighted by molar-refractivity contribution is -0.137. The number of benzene rings is 2. The molecular weight excluding hydrogens is 406 g/mol. The van der Waals surface area contributed by atoms with Crippen LogP contribution in [-0.4, -0.2) is 54.6 Å². The first kappa shape index (κ1) is 20.6. The van der Waals surface area contributed by atoms with Crippen LogP contribution < -0.4 is 10.1 Å². The molecule has 5 rings (SSSR count). The van der Waals surface area contributed by atoms with Gasteiger partial charge in [0, 0.05) is 40.9 Å². The SMILES string of the molecule is O=C(Nc1ccc(OCC(=O)N2CCOCC2)cc1)c1ccc2[nH]c3c(c2c1)CCCC3. The average molecular weight is 434 g/mol. The maximum absolute atomic E-state index is 12.8. The highest BCUT2D eigenvalue weighted by Crippen LogP contribution is 2.30. The number of aryl methyl sites for hydroxylation is 2. The molecule has 3 aromatic rings. The van der Waals surface area contributed by atoms with Crippen molar-refractivity contribution in [1.29, 1.82) is 0 Å². The van der Waals surface area contributed by atoms with Gasteiger partial charge in [-0.05, 0) is 73.7 Å². The van der Waals surface area contributed by atoms with Gasteiger partial charge in [-0.3, -0.25) is 9.59 Å². The van der Waals surface area contributed by atoms with Crippen molar-refractivity contribution in [3.63, 3.8) is 0 Å². The summed E-state index contributed by atoms with van der Waals surface area (Å²) in [7, 11) is 0. The molecular formula is C25H27N3O4. The second kappa shape index (κ2) is 9.04. The molecule has 1 fully saturated rings. The molecule has 0 atom stereocenters. The largest absolute Gasteiger partial charge is 0.484 e. The van der Waals surface area contributed by atoms with Gasteiger partial charge in [0.1, 0.15) is 5.75 Å². The molecule has 0 bridgehead atoms. The van der Waals surface area contributed by atoms with Gasteiger partial charge in [0.15, 0.2) is 6.61 Å². The summed E-state index contributed by atoms with van der Waals surface area (Å²) in [5.41, 5.74) is 5.08. The molecule has 0 saturated carbocycles. The lowest BCUT2D eigenvalue weighted by Crippen LogP contribution is -2.42. The number of fused-ring (bicyclic) bond motifs is 3. The molecule has 1 aliphatic heterocycles. The highest BCUT2D eigenvalue weighted by Gasteiger charge is 2.18. The molecule has 7 nitrogen and oxygen atoms in total. The number of aromatic amines is 1. The zero-order valence-electron chi connectivity index (χ0n) is 18.0. The summed E-state index contributed by atoms with van der Waals surface area (Å²) in [6.45, 7) is 2.33. The molecule has 2 aromatic carbocycles. The molecule has 0 radical (unpaired) electrons. The number of anilines is 1. The van der Waals surface area contributed by atoms with E-state index in [2.05, 4.69) is 10.3 Å². The number of carbonyl (C=O) groups excluding carboxylic acids is 2. The number of amides is 2. The first-order valence-electron chi connectivity index (χ1n) is 11.2. The Hall–Kier alpha value is -3.32. The van der Waals surface area contributed by atoms with E-state index in [1.165, 1.54) is 24.1 Å². The van der Waals surface area contributed by atoms with Gasteiger partial charge in [0.2, 0.25) is 0 Å². The minimum absolute atomic E-state index is 0.00724. The number of morpholine rings is 1. The topological polar surface area (TPSA) is 83.7 Å². The molecule has 2 N–H and O–H groups in total. The Morgan fingerprint density at radius 2 is 1.81 bits per heavy atom. The van der Waals surface area contributed by atoms with Crippen molar-refractivity contribution in [2.75, 3.05) is 38.2 Å². The number of hydrogen-bond acceptors (Lipinski definition) is 4. The lowest BCUT2D eigenvalue weighted by atomic mass is 9.95. The van der Waals surface area contributed by atoms with E-state index in [-0.39, 0.29) is 18.4 Å². The molecule has 32 heavy (non-hydrogen) atoms. The monoisotopic (exact) mass is 433 g/mol. The van der Waals surface area contributed by atoms with Gasteiger partial charge in [0.25, 0.3) is 11.8 Å². The molecule has 1 aliphatic carbocycles. The van der Waals surface area contributed by atoms with Crippen molar-refractivity contribution in [3.8, 4) is 5.75 Å². The Morgan fingerprint density at radius 3 is 2.62 bits per heavy atom. The van der Waals surface area contributed by atoms with Crippen LogP contribution in [0, 0.1) is 0 Å².